The predicted molar refractivity (Wildman–Crippen MR) is 129 cm³/mol. The van der Waals surface area contributed by atoms with Crippen LogP contribution in [0.25, 0.3) is 0 Å². The van der Waals surface area contributed by atoms with Crippen molar-refractivity contribution in [3.8, 4) is 5.75 Å². The number of ketones is 2. The third-order valence-corrected chi connectivity index (χ3v) is 8.64. The second-order valence-corrected chi connectivity index (χ2v) is 10.7. The van der Waals surface area contributed by atoms with Crippen LogP contribution >= 0.6 is 11.3 Å². The SMILES string of the molecule is CC1=CC(=O)C2=C(C1=O)[C@@H](c1ccc(O)cc1)C1=CC[C@@H]3C(=O)N(Cc4cccs4)C(=O)[C@@H]3[C@@H]1C2. The molecule has 0 unspecified atom stereocenters. The average molecular weight is 486 g/mol. The molecular formula is C28H23NO5S. The van der Waals surface area contributed by atoms with Gasteiger partial charge in [0.1, 0.15) is 5.75 Å². The van der Waals surface area contributed by atoms with Gasteiger partial charge in [0.25, 0.3) is 0 Å². The van der Waals surface area contributed by atoms with E-state index in [0.717, 1.165) is 16.0 Å². The monoisotopic (exact) mass is 485 g/mol. The van der Waals surface area contributed by atoms with Gasteiger partial charge in [0, 0.05) is 27.5 Å². The Morgan fingerprint density at radius 3 is 2.51 bits per heavy atom. The maximum absolute atomic E-state index is 13.6. The van der Waals surface area contributed by atoms with Crippen molar-refractivity contribution in [2.24, 2.45) is 17.8 Å². The molecule has 1 aliphatic heterocycles. The molecule has 6 nitrogen and oxygen atoms in total. The third kappa shape index (κ3) is 3.29. The molecule has 35 heavy (non-hydrogen) atoms. The largest absolute Gasteiger partial charge is 0.508 e. The van der Waals surface area contributed by atoms with Crippen LogP contribution in [0.1, 0.15) is 36.1 Å². The fourth-order valence-corrected chi connectivity index (χ4v) is 6.88. The number of hydrogen-bond donors (Lipinski definition) is 1. The number of allylic oxidation sites excluding steroid dienone is 6. The lowest BCUT2D eigenvalue weighted by Crippen LogP contribution is -2.39. The Balaban J connectivity index is 1.45. The molecule has 7 heteroatoms. The van der Waals surface area contributed by atoms with Gasteiger partial charge in [0.05, 0.1) is 18.4 Å². The zero-order valence-corrected chi connectivity index (χ0v) is 19.9. The first-order valence-electron chi connectivity index (χ1n) is 11.7. The van der Waals surface area contributed by atoms with Gasteiger partial charge in [-0.25, -0.2) is 0 Å². The standard InChI is InChI=1S/C28H23NO5S/c1-14-11-22(31)21-12-20-18(23(25(21)26(14)32)15-4-6-16(30)7-5-15)8-9-19-24(20)28(34)29(27(19)33)13-17-3-2-10-35-17/h2-8,10-11,19-20,23-24,30H,9,12-13H2,1H3/t19-,20+,23-,24-/m0/s1. The molecule has 1 aromatic heterocycles. The van der Waals surface area contributed by atoms with E-state index in [1.807, 2.05) is 23.6 Å². The minimum atomic E-state index is -0.550. The summed E-state index contributed by atoms with van der Waals surface area (Å²) in [4.78, 5) is 55.7. The Kier molecular flexibility index (Phi) is 5.00. The minimum Gasteiger partial charge on any atom is -0.508 e. The summed E-state index contributed by atoms with van der Waals surface area (Å²) in [7, 11) is 0. The van der Waals surface area contributed by atoms with Gasteiger partial charge in [-0.05, 0) is 60.9 Å². The van der Waals surface area contributed by atoms with E-state index in [9.17, 15) is 24.3 Å². The maximum atomic E-state index is 13.6. The van der Waals surface area contributed by atoms with Gasteiger partial charge in [0.2, 0.25) is 11.8 Å². The Labute approximate surface area is 206 Å². The fraction of sp³-hybridized carbons (Fsp3) is 0.286. The summed E-state index contributed by atoms with van der Waals surface area (Å²) in [5, 5.41) is 11.8. The van der Waals surface area contributed by atoms with E-state index >= 15 is 0 Å². The molecular weight excluding hydrogens is 462 g/mol. The van der Waals surface area contributed by atoms with Gasteiger partial charge in [-0.1, -0.05) is 29.8 Å². The second kappa shape index (κ2) is 7.99. The molecule has 6 rings (SSSR count). The normalized spacial score (nSPS) is 28.0. The van der Waals surface area contributed by atoms with Gasteiger partial charge in [-0.3, -0.25) is 24.1 Å². The van der Waals surface area contributed by atoms with E-state index in [1.165, 1.54) is 22.3 Å². The van der Waals surface area contributed by atoms with Gasteiger partial charge < -0.3 is 5.11 Å². The number of hydrogen-bond acceptors (Lipinski definition) is 6. The van der Waals surface area contributed by atoms with Crippen molar-refractivity contribution in [1.29, 1.82) is 0 Å². The highest BCUT2D eigenvalue weighted by atomic mass is 32.1. The molecule has 0 spiro atoms. The molecule has 1 aromatic carbocycles. The van der Waals surface area contributed by atoms with E-state index in [0.29, 0.717) is 23.1 Å². The molecule has 3 aliphatic carbocycles. The van der Waals surface area contributed by atoms with Gasteiger partial charge >= 0.3 is 0 Å². The van der Waals surface area contributed by atoms with Crippen molar-refractivity contribution in [2.45, 2.75) is 32.2 Å². The zero-order chi connectivity index (χ0) is 24.4. The molecule has 0 saturated carbocycles. The molecule has 1 N–H and O–H groups in total. The van der Waals surface area contributed by atoms with E-state index in [-0.39, 0.29) is 48.0 Å². The van der Waals surface area contributed by atoms with Crippen molar-refractivity contribution in [3.63, 3.8) is 0 Å². The summed E-state index contributed by atoms with van der Waals surface area (Å²) in [6.07, 6.45) is 4.10. The third-order valence-electron chi connectivity index (χ3n) is 7.78. The highest BCUT2D eigenvalue weighted by molar-refractivity contribution is 7.09. The molecule has 2 aromatic rings. The highest BCUT2D eigenvalue weighted by Crippen LogP contribution is 2.55. The average Bonchev–Trinajstić information content (AvgIpc) is 3.45. The molecule has 4 aliphatic rings. The highest BCUT2D eigenvalue weighted by Gasteiger charge is 2.56. The molecule has 1 fully saturated rings. The number of thiophene rings is 1. The molecule has 2 amide bonds. The van der Waals surface area contributed by atoms with Crippen LogP contribution in [-0.4, -0.2) is 33.4 Å². The smallest absolute Gasteiger partial charge is 0.234 e. The van der Waals surface area contributed by atoms with Crippen LogP contribution in [0.5, 0.6) is 5.75 Å². The van der Waals surface area contributed by atoms with E-state index in [1.54, 1.807) is 31.2 Å². The Morgan fingerprint density at radius 2 is 1.80 bits per heavy atom. The first-order chi connectivity index (χ1) is 16.8. The van der Waals surface area contributed by atoms with Crippen LogP contribution in [0.4, 0.5) is 0 Å². The van der Waals surface area contributed by atoms with E-state index in [4.69, 9.17) is 0 Å². The number of rotatable bonds is 3. The number of amides is 2. The quantitative estimate of drug-likeness (QED) is 0.402. The van der Waals surface area contributed by atoms with E-state index in [2.05, 4.69) is 0 Å². The Hall–Kier alpha value is -3.58. The molecule has 0 bridgehead atoms. The van der Waals surface area contributed by atoms with Gasteiger partial charge in [0.15, 0.2) is 11.6 Å². The number of aromatic hydroxyl groups is 1. The number of phenolic OH excluding ortho intramolecular Hbond substituents is 1. The maximum Gasteiger partial charge on any atom is 0.234 e. The first-order valence-corrected chi connectivity index (χ1v) is 12.6. The number of phenols is 1. The molecule has 2 heterocycles. The summed E-state index contributed by atoms with van der Waals surface area (Å²) in [5.74, 6) is -2.43. The van der Waals surface area contributed by atoms with Crippen molar-refractivity contribution >= 4 is 34.7 Å². The minimum absolute atomic E-state index is 0.107. The number of carbonyl (C=O) groups excluding carboxylic acids is 4. The van der Waals surface area contributed by atoms with Crippen LogP contribution < -0.4 is 0 Å². The number of fused-ring (bicyclic) bond motifs is 3. The van der Waals surface area contributed by atoms with Gasteiger partial charge in [-0.2, -0.15) is 0 Å². The van der Waals surface area contributed by atoms with Crippen LogP contribution in [0.3, 0.4) is 0 Å². The summed E-state index contributed by atoms with van der Waals surface area (Å²) >= 11 is 1.51. The number of nitrogens with zero attached hydrogens (tertiary/aromatic N) is 1. The number of imide groups is 1. The van der Waals surface area contributed by atoms with Crippen molar-refractivity contribution in [2.75, 3.05) is 0 Å². The lowest BCUT2D eigenvalue weighted by atomic mass is 9.59. The topological polar surface area (TPSA) is 91.8 Å². The molecule has 176 valence electrons. The summed E-state index contributed by atoms with van der Waals surface area (Å²) in [5.41, 5.74) is 3.02. The predicted octanol–water partition coefficient (Wildman–Crippen LogP) is 4.08. The number of carbonyl (C=O) groups is 4. The lowest BCUT2D eigenvalue weighted by Gasteiger charge is -2.42. The van der Waals surface area contributed by atoms with E-state index < -0.39 is 17.8 Å². The Morgan fingerprint density at radius 1 is 1.03 bits per heavy atom. The van der Waals surface area contributed by atoms with Crippen LogP contribution in [-0.2, 0) is 25.7 Å². The van der Waals surface area contributed by atoms with Crippen LogP contribution in [0.2, 0.25) is 0 Å². The summed E-state index contributed by atoms with van der Waals surface area (Å²) < 4.78 is 0. The van der Waals surface area contributed by atoms with Crippen molar-refractivity contribution in [3.05, 3.63) is 86.7 Å². The van der Waals surface area contributed by atoms with Gasteiger partial charge in [-0.15, -0.1) is 11.3 Å². The fourth-order valence-electron chi connectivity index (χ4n) is 6.19. The second-order valence-electron chi connectivity index (χ2n) is 9.66. The van der Waals surface area contributed by atoms with Crippen molar-refractivity contribution < 1.29 is 24.3 Å². The van der Waals surface area contributed by atoms with Crippen molar-refractivity contribution in [1.82, 2.24) is 4.90 Å². The zero-order valence-electron chi connectivity index (χ0n) is 19.1. The number of likely N-dealkylation sites (tertiary alicyclic amines) is 1. The lowest BCUT2D eigenvalue weighted by molar-refractivity contribution is -0.140. The number of Topliss-reactive ketones (excluding diaryl/α,β-unsaturated/α-hetero) is 1. The molecule has 0 radical (unpaired) electrons. The van der Waals surface area contributed by atoms with Crippen LogP contribution in [0, 0.1) is 17.8 Å². The van der Waals surface area contributed by atoms with Crippen LogP contribution in [0.15, 0.2) is 76.2 Å². The summed E-state index contributed by atoms with van der Waals surface area (Å²) in [6, 6.07) is 10.5. The number of benzene rings is 1. The molecule has 1 saturated heterocycles. The summed E-state index contributed by atoms with van der Waals surface area (Å²) in [6.45, 7) is 1.91. The first kappa shape index (κ1) is 21.9. The Bertz CT molecular complexity index is 1380. The molecule has 4 atom stereocenters.